The molecule has 1 aromatic carbocycles. The maximum atomic E-state index is 11.9. The summed E-state index contributed by atoms with van der Waals surface area (Å²) in [7, 11) is 2.51. The number of ether oxygens (including phenoxy) is 4. The first-order chi connectivity index (χ1) is 12.8. The van der Waals surface area contributed by atoms with Crippen LogP contribution in [0.15, 0.2) is 34.7 Å². The fourth-order valence-electron chi connectivity index (χ4n) is 2.11. The van der Waals surface area contributed by atoms with E-state index in [4.69, 9.17) is 18.6 Å². The summed E-state index contributed by atoms with van der Waals surface area (Å²) in [5, 5.41) is 10.8. The lowest BCUT2D eigenvalue weighted by Crippen LogP contribution is -2.16. The number of nitro groups is 1. The second-order valence-corrected chi connectivity index (χ2v) is 5.21. The molecule has 27 heavy (non-hydrogen) atoms. The molecule has 0 saturated carbocycles. The predicted octanol–water partition coefficient (Wildman–Crippen LogP) is 2.67. The third-order valence-corrected chi connectivity index (χ3v) is 3.43. The minimum absolute atomic E-state index is 0.00478. The van der Waals surface area contributed by atoms with Gasteiger partial charge in [0.05, 0.1) is 19.1 Å². The molecule has 10 nitrogen and oxygen atoms in total. The van der Waals surface area contributed by atoms with Crippen LogP contribution in [0, 0.1) is 10.1 Å². The Morgan fingerprint density at radius 1 is 1.22 bits per heavy atom. The van der Waals surface area contributed by atoms with Crippen LogP contribution in [0.1, 0.15) is 29.3 Å². The molecule has 10 heteroatoms. The van der Waals surface area contributed by atoms with Crippen molar-refractivity contribution in [2.75, 3.05) is 20.8 Å². The maximum absolute atomic E-state index is 11.9. The van der Waals surface area contributed by atoms with Crippen LogP contribution < -0.4 is 9.47 Å². The first-order valence-corrected chi connectivity index (χ1v) is 7.68. The van der Waals surface area contributed by atoms with Gasteiger partial charge in [-0.05, 0) is 25.1 Å². The number of nitrogens with zero attached hydrogens (tertiary/aromatic N) is 1. The minimum atomic E-state index is -0.758. The smallest absolute Gasteiger partial charge is 0.373 e. The summed E-state index contributed by atoms with van der Waals surface area (Å²) in [5.41, 5.74) is -0.222. The van der Waals surface area contributed by atoms with Crippen LogP contribution in [-0.2, 0) is 14.3 Å². The van der Waals surface area contributed by atoms with Crippen LogP contribution >= 0.6 is 0 Å². The van der Waals surface area contributed by atoms with E-state index in [1.54, 1.807) is 6.92 Å². The lowest BCUT2D eigenvalue weighted by molar-refractivity contribution is -0.385. The van der Waals surface area contributed by atoms with Gasteiger partial charge in [0.15, 0.2) is 12.7 Å². The molecule has 0 bridgehead atoms. The van der Waals surface area contributed by atoms with Crippen LogP contribution in [0.5, 0.6) is 11.5 Å². The molecule has 1 unspecified atom stereocenters. The quantitative estimate of drug-likeness (QED) is 0.386. The molecule has 0 fully saturated rings. The van der Waals surface area contributed by atoms with E-state index in [0.29, 0.717) is 0 Å². The predicted molar refractivity (Wildman–Crippen MR) is 89.7 cm³/mol. The van der Waals surface area contributed by atoms with Gasteiger partial charge in [-0.15, -0.1) is 0 Å². The molecule has 0 N–H and O–H groups in total. The Labute approximate surface area is 153 Å². The average Bonchev–Trinajstić information content (AvgIpc) is 3.15. The number of hydrogen-bond donors (Lipinski definition) is 0. The molecule has 0 aliphatic heterocycles. The molecular weight excluding hydrogens is 362 g/mol. The van der Waals surface area contributed by atoms with Crippen LogP contribution in [0.3, 0.4) is 0 Å². The standard InChI is InChI=1S/C17H17NO9/c1-10(13-6-7-14(27-13)17(20)24-3)26-16(19)9-25-11-4-5-12(18(21)22)15(8-11)23-2/h4-8,10H,9H2,1-3H3. The molecule has 1 atom stereocenters. The third-order valence-electron chi connectivity index (χ3n) is 3.43. The number of furan rings is 1. The van der Waals surface area contributed by atoms with E-state index >= 15 is 0 Å². The second-order valence-electron chi connectivity index (χ2n) is 5.21. The Kier molecular flexibility index (Phi) is 6.36. The van der Waals surface area contributed by atoms with Gasteiger partial charge < -0.3 is 23.4 Å². The largest absolute Gasteiger partial charge is 0.490 e. The molecule has 2 aromatic rings. The van der Waals surface area contributed by atoms with Crippen LogP contribution in [0.2, 0.25) is 0 Å². The van der Waals surface area contributed by atoms with Gasteiger partial charge in [-0.25, -0.2) is 9.59 Å². The summed E-state index contributed by atoms with van der Waals surface area (Å²) >= 11 is 0. The Bertz CT molecular complexity index is 843. The number of carbonyl (C=O) groups excluding carboxylic acids is 2. The minimum Gasteiger partial charge on any atom is -0.490 e. The maximum Gasteiger partial charge on any atom is 0.373 e. The van der Waals surface area contributed by atoms with Gasteiger partial charge in [-0.1, -0.05) is 0 Å². The summed E-state index contributed by atoms with van der Waals surface area (Å²) in [6.45, 7) is 1.13. The molecule has 1 aromatic heterocycles. The normalized spacial score (nSPS) is 11.4. The molecule has 0 amide bonds. The van der Waals surface area contributed by atoms with Crippen molar-refractivity contribution < 1.29 is 37.9 Å². The number of benzene rings is 1. The molecule has 0 aliphatic carbocycles. The van der Waals surface area contributed by atoms with Crippen molar-refractivity contribution in [2.45, 2.75) is 13.0 Å². The number of methoxy groups -OCH3 is 2. The highest BCUT2D eigenvalue weighted by molar-refractivity contribution is 5.86. The Morgan fingerprint density at radius 2 is 1.96 bits per heavy atom. The monoisotopic (exact) mass is 379 g/mol. The first kappa shape index (κ1) is 19.8. The van der Waals surface area contributed by atoms with Gasteiger partial charge in [0.1, 0.15) is 11.5 Å². The summed E-state index contributed by atoms with van der Waals surface area (Å²) in [4.78, 5) is 33.5. The highest BCUT2D eigenvalue weighted by Crippen LogP contribution is 2.30. The van der Waals surface area contributed by atoms with Crippen LogP contribution in [0.4, 0.5) is 5.69 Å². The van der Waals surface area contributed by atoms with Crippen molar-refractivity contribution in [3.8, 4) is 11.5 Å². The van der Waals surface area contributed by atoms with Crippen molar-refractivity contribution in [1.82, 2.24) is 0 Å². The van der Waals surface area contributed by atoms with E-state index in [1.165, 1.54) is 44.6 Å². The van der Waals surface area contributed by atoms with E-state index in [9.17, 15) is 19.7 Å². The Balaban J connectivity index is 1.93. The van der Waals surface area contributed by atoms with E-state index in [0.717, 1.165) is 0 Å². The zero-order valence-corrected chi connectivity index (χ0v) is 14.8. The van der Waals surface area contributed by atoms with Gasteiger partial charge in [-0.2, -0.15) is 0 Å². The van der Waals surface area contributed by atoms with E-state index in [-0.39, 0.29) is 28.7 Å². The van der Waals surface area contributed by atoms with Gasteiger partial charge in [0.2, 0.25) is 11.5 Å². The van der Waals surface area contributed by atoms with Crippen molar-refractivity contribution in [3.05, 3.63) is 52.0 Å². The summed E-state index contributed by atoms with van der Waals surface area (Å²) in [6, 6.07) is 6.74. The Morgan fingerprint density at radius 3 is 2.59 bits per heavy atom. The van der Waals surface area contributed by atoms with Crippen molar-refractivity contribution in [3.63, 3.8) is 0 Å². The summed E-state index contributed by atoms with van der Waals surface area (Å²) in [5.74, 6) is -0.880. The zero-order valence-electron chi connectivity index (χ0n) is 14.8. The van der Waals surface area contributed by atoms with Crippen molar-refractivity contribution in [2.24, 2.45) is 0 Å². The van der Waals surface area contributed by atoms with Gasteiger partial charge in [-0.3, -0.25) is 10.1 Å². The molecular formula is C17H17NO9. The van der Waals surface area contributed by atoms with Crippen LogP contribution in [0.25, 0.3) is 0 Å². The van der Waals surface area contributed by atoms with Crippen molar-refractivity contribution in [1.29, 1.82) is 0 Å². The van der Waals surface area contributed by atoms with Gasteiger partial charge in [0.25, 0.3) is 0 Å². The lowest BCUT2D eigenvalue weighted by Gasteiger charge is -2.12. The summed E-state index contributed by atoms with van der Waals surface area (Å²) in [6.07, 6.45) is -0.758. The highest BCUT2D eigenvalue weighted by atomic mass is 16.6. The van der Waals surface area contributed by atoms with Crippen molar-refractivity contribution >= 4 is 17.6 Å². The molecule has 144 valence electrons. The fraction of sp³-hybridized carbons (Fsp3) is 0.294. The lowest BCUT2D eigenvalue weighted by atomic mass is 10.3. The zero-order chi connectivity index (χ0) is 20.0. The fourth-order valence-corrected chi connectivity index (χ4v) is 2.11. The first-order valence-electron chi connectivity index (χ1n) is 7.68. The number of rotatable bonds is 8. The molecule has 0 spiro atoms. The second kappa shape index (κ2) is 8.70. The van der Waals surface area contributed by atoms with Gasteiger partial charge >= 0.3 is 17.6 Å². The SMILES string of the molecule is COC(=O)c1ccc(C(C)OC(=O)COc2ccc([N+](=O)[O-])c(OC)c2)o1. The number of nitro benzene ring substituents is 1. The third kappa shape index (κ3) is 4.97. The van der Waals surface area contributed by atoms with E-state index in [1.807, 2.05) is 0 Å². The number of hydrogen-bond acceptors (Lipinski definition) is 9. The van der Waals surface area contributed by atoms with Gasteiger partial charge in [0, 0.05) is 12.1 Å². The molecule has 0 radical (unpaired) electrons. The number of carbonyl (C=O) groups is 2. The Hall–Kier alpha value is -3.56. The molecule has 0 saturated heterocycles. The van der Waals surface area contributed by atoms with E-state index in [2.05, 4.69) is 4.74 Å². The molecule has 1 heterocycles. The average molecular weight is 379 g/mol. The highest BCUT2D eigenvalue weighted by Gasteiger charge is 2.20. The summed E-state index contributed by atoms with van der Waals surface area (Å²) < 4.78 is 25.1. The van der Waals surface area contributed by atoms with Crippen LogP contribution in [-0.4, -0.2) is 37.7 Å². The topological polar surface area (TPSA) is 127 Å². The molecule has 2 rings (SSSR count). The number of esters is 2. The van der Waals surface area contributed by atoms with E-state index < -0.39 is 29.6 Å². The molecule has 0 aliphatic rings.